The van der Waals surface area contributed by atoms with Crippen molar-refractivity contribution in [2.24, 2.45) is 5.41 Å². The van der Waals surface area contributed by atoms with Crippen molar-refractivity contribution in [3.63, 3.8) is 0 Å². The summed E-state index contributed by atoms with van der Waals surface area (Å²) >= 11 is 6.23. The molecule has 1 aliphatic carbocycles. The fourth-order valence-corrected chi connectivity index (χ4v) is 4.30. The third kappa shape index (κ3) is 3.23. The van der Waals surface area contributed by atoms with Crippen molar-refractivity contribution in [3.8, 4) is 5.69 Å². The van der Waals surface area contributed by atoms with Gasteiger partial charge in [0.1, 0.15) is 0 Å². The molecule has 2 aromatic rings. The van der Waals surface area contributed by atoms with Crippen LogP contribution < -0.4 is 0 Å². The molecule has 4 nitrogen and oxygen atoms in total. The average Bonchev–Trinajstić information content (AvgIpc) is 3.12. The van der Waals surface area contributed by atoms with E-state index in [1.54, 1.807) is 17.1 Å². The molecule has 4 rings (SSSR count). The Morgan fingerprint density at radius 3 is 2.88 bits per heavy atom. The highest BCUT2D eigenvalue weighted by Crippen LogP contribution is 2.41. The predicted octanol–water partition coefficient (Wildman–Crippen LogP) is 4.49. The van der Waals surface area contributed by atoms with E-state index in [1.807, 2.05) is 29.2 Å². The number of aromatic nitrogens is 2. The molecule has 2 aliphatic rings. The topological polar surface area (TPSA) is 38.1 Å². The molecule has 1 aromatic heterocycles. The number of hydrogen-bond acceptors (Lipinski definition) is 2. The van der Waals surface area contributed by atoms with Crippen LogP contribution in [-0.2, 0) is 0 Å². The SMILES string of the molecule is O=C(c1cnn(-c2ccccc2Cl)c1)N1CCCC2(CC=CCC2)C1. The van der Waals surface area contributed by atoms with Crippen LogP contribution in [-0.4, -0.2) is 33.7 Å². The molecule has 0 radical (unpaired) electrons. The Labute approximate surface area is 153 Å². The quantitative estimate of drug-likeness (QED) is 0.744. The van der Waals surface area contributed by atoms with Crippen LogP contribution in [0.3, 0.4) is 0 Å². The van der Waals surface area contributed by atoms with Gasteiger partial charge in [0.2, 0.25) is 0 Å². The van der Waals surface area contributed by atoms with Crippen molar-refractivity contribution in [1.29, 1.82) is 0 Å². The Hall–Kier alpha value is -2.07. The van der Waals surface area contributed by atoms with E-state index in [1.165, 1.54) is 12.8 Å². The van der Waals surface area contributed by atoms with Gasteiger partial charge in [-0.3, -0.25) is 4.79 Å². The van der Waals surface area contributed by atoms with Gasteiger partial charge in [0, 0.05) is 19.3 Å². The van der Waals surface area contributed by atoms with Crippen LogP contribution in [0.15, 0.2) is 48.8 Å². The van der Waals surface area contributed by atoms with E-state index >= 15 is 0 Å². The van der Waals surface area contributed by atoms with E-state index in [4.69, 9.17) is 11.6 Å². The second kappa shape index (κ2) is 6.68. The minimum Gasteiger partial charge on any atom is -0.338 e. The summed E-state index contributed by atoms with van der Waals surface area (Å²) in [5, 5.41) is 4.96. The summed E-state index contributed by atoms with van der Waals surface area (Å²) in [5.41, 5.74) is 1.69. The molecular formula is C20H22ClN3O. The van der Waals surface area contributed by atoms with Crippen LogP contribution in [0, 0.1) is 5.41 Å². The molecule has 1 aliphatic heterocycles. The number of benzene rings is 1. The monoisotopic (exact) mass is 355 g/mol. The zero-order valence-corrected chi connectivity index (χ0v) is 15.0. The molecule has 1 amide bonds. The van der Waals surface area contributed by atoms with Crippen LogP contribution in [0.5, 0.6) is 0 Å². The molecule has 2 heterocycles. The van der Waals surface area contributed by atoms with Gasteiger partial charge in [0.15, 0.2) is 0 Å². The van der Waals surface area contributed by atoms with Crippen LogP contribution >= 0.6 is 11.6 Å². The molecule has 0 N–H and O–H groups in total. The van der Waals surface area contributed by atoms with Gasteiger partial charge in [-0.25, -0.2) is 4.68 Å². The summed E-state index contributed by atoms with van der Waals surface area (Å²) in [6, 6.07) is 7.52. The van der Waals surface area contributed by atoms with Gasteiger partial charge in [-0.1, -0.05) is 35.9 Å². The minimum atomic E-state index is 0.0759. The first-order chi connectivity index (χ1) is 12.2. The molecule has 1 unspecified atom stereocenters. The van der Waals surface area contributed by atoms with Crippen LogP contribution in [0.25, 0.3) is 5.69 Å². The first-order valence-electron chi connectivity index (χ1n) is 8.91. The number of amides is 1. The van der Waals surface area contributed by atoms with E-state index in [9.17, 15) is 4.79 Å². The lowest BCUT2D eigenvalue weighted by molar-refractivity contribution is 0.0484. The molecule has 1 spiro atoms. The number of carbonyl (C=O) groups is 1. The maximum atomic E-state index is 13.0. The average molecular weight is 356 g/mol. The van der Waals surface area contributed by atoms with Gasteiger partial charge in [0.05, 0.1) is 22.5 Å². The smallest absolute Gasteiger partial charge is 0.257 e. The number of rotatable bonds is 2. The van der Waals surface area contributed by atoms with Gasteiger partial charge in [-0.05, 0) is 49.7 Å². The van der Waals surface area contributed by atoms with E-state index in [0.717, 1.165) is 38.0 Å². The Balaban J connectivity index is 1.53. The molecule has 1 atom stereocenters. The number of halogens is 1. The molecule has 0 saturated carbocycles. The number of hydrogen-bond donors (Lipinski definition) is 0. The molecule has 1 aromatic carbocycles. The Morgan fingerprint density at radius 1 is 1.20 bits per heavy atom. The normalized spacial score (nSPS) is 23.2. The summed E-state index contributed by atoms with van der Waals surface area (Å²) < 4.78 is 1.68. The second-order valence-corrected chi connectivity index (χ2v) is 7.58. The summed E-state index contributed by atoms with van der Waals surface area (Å²) in [5.74, 6) is 0.0759. The fourth-order valence-electron chi connectivity index (χ4n) is 4.08. The highest BCUT2D eigenvalue weighted by atomic mass is 35.5. The lowest BCUT2D eigenvalue weighted by atomic mass is 9.71. The molecule has 25 heavy (non-hydrogen) atoms. The fraction of sp³-hybridized carbons (Fsp3) is 0.400. The highest BCUT2D eigenvalue weighted by Gasteiger charge is 2.37. The van der Waals surface area contributed by atoms with Gasteiger partial charge in [-0.2, -0.15) is 5.10 Å². The summed E-state index contributed by atoms with van der Waals surface area (Å²) in [6.07, 6.45) is 13.7. The Kier molecular flexibility index (Phi) is 4.38. The standard InChI is InChI=1S/C20H22ClN3O/c21-17-7-2-3-8-18(17)24-14-16(13-22-24)19(25)23-12-6-11-20(15-23)9-4-1-5-10-20/h1-4,7-8,13-14H,5-6,9-12,15H2. The lowest BCUT2D eigenvalue weighted by Crippen LogP contribution is -2.46. The first kappa shape index (κ1) is 16.4. The third-order valence-corrected chi connectivity index (χ3v) is 5.76. The van der Waals surface area contributed by atoms with Crippen molar-refractivity contribution in [2.45, 2.75) is 32.1 Å². The van der Waals surface area contributed by atoms with Crippen molar-refractivity contribution < 1.29 is 4.79 Å². The molecule has 1 saturated heterocycles. The maximum Gasteiger partial charge on any atom is 0.257 e. The van der Waals surface area contributed by atoms with Crippen molar-refractivity contribution in [3.05, 3.63) is 59.4 Å². The third-order valence-electron chi connectivity index (χ3n) is 5.44. The summed E-state index contributed by atoms with van der Waals surface area (Å²) in [4.78, 5) is 15.0. The Bertz CT molecular complexity index is 813. The molecular weight excluding hydrogens is 334 g/mol. The minimum absolute atomic E-state index is 0.0759. The largest absolute Gasteiger partial charge is 0.338 e. The van der Waals surface area contributed by atoms with E-state index in [2.05, 4.69) is 17.3 Å². The van der Waals surface area contributed by atoms with Crippen molar-refractivity contribution >= 4 is 17.5 Å². The molecule has 130 valence electrons. The molecule has 0 bridgehead atoms. The summed E-state index contributed by atoms with van der Waals surface area (Å²) in [7, 11) is 0. The molecule has 5 heteroatoms. The van der Waals surface area contributed by atoms with Gasteiger partial charge >= 0.3 is 0 Å². The molecule has 1 fully saturated rings. The van der Waals surface area contributed by atoms with E-state index < -0.39 is 0 Å². The predicted molar refractivity (Wildman–Crippen MR) is 99.1 cm³/mol. The highest BCUT2D eigenvalue weighted by molar-refractivity contribution is 6.32. The second-order valence-electron chi connectivity index (χ2n) is 7.17. The first-order valence-corrected chi connectivity index (χ1v) is 9.29. The number of nitrogens with zero attached hydrogens (tertiary/aromatic N) is 3. The number of carbonyl (C=O) groups excluding carboxylic acids is 1. The van der Waals surface area contributed by atoms with Crippen LogP contribution in [0.2, 0.25) is 5.02 Å². The Morgan fingerprint density at radius 2 is 2.08 bits per heavy atom. The van der Waals surface area contributed by atoms with Crippen LogP contribution in [0.1, 0.15) is 42.5 Å². The van der Waals surface area contributed by atoms with Crippen LogP contribution in [0.4, 0.5) is 0 Å². The number of para-hydroxylation sites is 1. The lowest BCUT2D eigenvalue weighted by Gasteiger charge is -2.43. The van der Waals surface area contributed by atoms with Gasteiger partial charge < -0.3 is 4.90 Å². The number of likely N-dealkylation sites (tertiary alicyclic amines) is 1. The van der Waals surface area contributed by atoms with E-state index in [0.29, 0.717) is 10.6 Å². The zero-order valence-electron chi connectivity index (χ0n) is 14.2. The van der Waals surface area contributed by atoms with Crippen molar-refractivity contribution in [1.82, 2.24) is 14.7 Å². The van der Waals surface area contributed by atoms with Gasteiger partial charge in [0.25, 0.3) is 5.91 Å². The number of piperidine rings is 1. The zero-order chi connectivity index (χ0) is 17.3. The summed E-state index contributed by atoms with van der Waals surface area (Å²) in [6.45, 7) is 1.69. The van der Waals surface area contributed by atoms with Gasteiger partial charge in [-0.15, -0.1) is 0 Å². The van der Waals surface area contributed by atoms with E-state index in [-0.39, 0.29) is 11.3 Å². The maximum absolute atomic E-state index is 13.0. The van der Waals surface area contributed by atoms with Crippen molar-refractivity contribution in [2.75, 3.05) is 13.1 Å². The number of allylic oxidation sites excluding steroid dienone is 2.